The van der Waals surface area contributed by atoms with Gasteiger partial charge in [-0.1, -0.05) is 37.2 Å². The van der Waals surface area contributed by atoms with Gasteiger partial charge in [0.2, 0.25) is 5.56 Å². The number of rotatable bonds is 5. The largest absolute Gasteiger partial charge is 0.334 e. The van der Waals surface area contributed by atoms with Crippen molar-refractivity contribution in [2.75, 3.05) is 7.05 Å². The monoisotopic (exact) mass is 352 g/mol. The number of hydrogen-bond acceptors (Lipinski definition) is 5. The number of benzene rings is 1. The van der Waals surface area contributed by atoms with Gasteiger partial charge < -0.3 is 14.4 Å². The molecule has 0 spiro atoms. The summed E-state index contributed by atoms with van der Waals surface area (Å²) in [4.78, 5) is 32.8. The molecule has 0 unspecified atom stereocenters. The lowest BCUT2D eigenvalue weighted by Gasteiger charge is -2.14. The summed E-state index contributed by atoms with van der Waals surface area (Å²) in [5, 5.41) is 3.92. The van der Waals surface area contributed by atoms with E-state index >= 15 is 0 Å². The Kier molecular flexibility index (Phi) is 4.97. The zero-order valence-corrected chi connectivity index (χ0v) is 14.9. The summed E-state index contributed by atoms with van der Waals surface area (Å²) in [7, 11) is 1.68. The summed E-state index contributed by atoms with van der Waals surface area (Å²) in [5.74, 6) is 0.668. The first-order valence-electron chi connectivity index (χ1n) is 8.32. The fourth-order valence-electron chi connectivity index (χ4n) is 2.52. The summed E-state index contributed by atoms with van der Waals surface area (Å²) >= 11 is 0. The number of aromatic amines is 1. The van der Waals surface area contributed by atoms with Crippen LogP contribution in [0.15, 0.2) is 51.8 Å². The third-order valence-corrected chi connectivity index (χ3v) is 3.95. The Balaban J connectivity index is 1.78. The molecule has 3 aromatic rings. The van der Waals surface area contributed by atoms with Gasteiger partial charge in [0.15, 0.2) is 5.82 Å². The number of carbonyl (C=O) groups is 1. The summed E-state index contributed by atoms with van der Waals surface area (Å²) in [6.07, 6.45) is 0. The average Bonchev–Trinajstić information content (AvgIpc) is 3.09. The molecule has 0 radical (unpaired) electrons. The molecule has 2 heterocycles. The van der Waals surface area contributed by atoms with Crippen LogP contribution in [0.5, 0.6) is 0 Å². The van der Waals surface area contributed by atoms with Crippen LogP contribution in [0.4, 0.5) is 0 Å². The van der Waals surface area contributed by atoms with E-state index in [1.165, 1.54) is 11.0 Å². The molecule has 0 bridgehead atoms. The van der Waals surface area contributed by atoms with Gasteiger partial charge in [0.1, 0.15) is 0 Å². The van der Waals surface area contributed by atoms with Gasteiger partial charge in [0, 0.05) is 29.9 Å². The Morgan fingerprint density at radius 3 is 2.65 bits per heavy atom. The van der Waals surface area contributed by atoms with Crippen molar-refractivity contribution in [1.82, 2.24) is 20.0 Å². The molecular formula is C19H20N4O3. The van der Waals surface area contributed by atoms with Crippen LogP contribution in [0.2, 0.25) is 0 Å². The molecule has 134 valence electrons. The Bertz CT molecular complexity index is 960. The summed E-state index contributed by atoms with van der Waals surface area (Å²) < 4.78 is 5.27. The normalized spacial score (nSPS) is 10.9. The Labute approximate surface area is 150 Å². The lowest BCUT2D eigenvalue weighted by atomic mass is 10.1. The topological polar surface area (TPSA) is 92.1 Å². The van der Waals surface area contributed by atoms with Crippen molar-refractivity contribution in [2.24, 2.45) is 0 Å². The molecule has 3 rings (SSSR count). The molecule has 26 heavy (non-hydrogen) atoms. The van der Waals surface area contributed by atoms with E-state index in [1.54, 1.807) is 19.2 Å². The van der Waals surface area contributed by atoms with Crippen LogP contribution in [0.1, 0.15) is 41.6 Å². The smallest absolute Gasteiger partial charge is 0.258 e. The van der Waals surface area contributed by atoms with Crippen molar-refractivity contribution < 1.29 is 9.32 Å². The standard InChI is InChI=1S/C19H20N4O3/c1-12(2)15-9-14(10-17(24)20-15)18-21-16(22-26-18)11-23(3)19(25)13-7-5-4-6-8-13/h4-10,12H,11H2,1-3H3,(H,20,24). The van der Waals surface area contributed by atoms with Crippen molar-refractivity contribution >= 4 is 5.91 Å². The van der Waals surface area contributed by atoms with Crippen molar-refractivity contribution in [1.29, 1.82) is 0 Å². The molecule has 0 fully saturated rings. The number of aromatic nitrogens is 3. The highest BCUT2D eigenvalue weighted by Gasteiger charge is 2.16. The van der Waals surface area contributed by atoms with Crippen LogP contribution in [0.25, 0.3) is 11.5 Å². The molecule has 1 amide bonds. The second kappa shape index (κ2) is 7.35. The first-order valence-corrected chi connectivity index (χ1v) is 8.32. The number of amides is 1. The van der Waals surface area contributed by atoms with Crippen molar-refractivity contribution in [3.63, 3.8) is 0 Å². The molecule has 0 aliphatic carbocycles. The number of pyridine rings is 1. The molecule has 2 aromatic heterocycles. The third-order valence-electron chi connectivity index (χ3n) is 3.95. The van der Waals surface area contributed by atoms with Gasteiger partial charge in [-0.25, -0.2) is 0 Å². The number of H-pyrrole nitrogens is 1. The molecule has 0 saturated heterocycles. The van der Waals surface area contributed by atoms with Crippen LogP contribution < -0.4 is 5.56 Å². The van der Waals surface area contributed by atoms with Gasteiger partial charge in [-0.15, -0.1) is 0 Å². The highest BCUT2D eigenvalue weighted by atomic mass is 16.5. The highest BCUT2D eigenvalue weighted by molar-refractivity contribution is 5.93. The predicted molar refractivity (Wildman–Crippen MR) is 96.7 cm³/mol. The molecule has 0 saturated carbocycles. The van der Waals surface area contributed by atoms with Crippen LogP contribution in [0, 0.1) is 0 Å². The highest BCUT2D eigenvalue weighted by Crippen LogP contribution is 2.20. The van der Waals surface area contributed by atoms with Crippen molar-refractivity contribution in [3.8, 4) is 11.5 Å². The number of nitrogens with one attached hydrogen (secondary N) is 1. The van der Waals surface area contributed by atoms with E-state index < -0.39 is 0 Å². The molecule has 7 heteroatoms. The minimum atomic E-state index is -0.220. The maximum atomic E-state index is 12.4. The minimum Gasteiger partial charge on any atom is -0.334 e. The molecule has 0 atom stereocenters. The first-order chi connectivity index (χ1) is 12.4. The Hall–Kier alpha value is -3.22. The SMILES string of the molecule is CC(C)c1cc(-c2nc(CN(C)C(=O)c3ccccc3)no2)cc(=O)[nH]1. The number of nitrogens with zero attached hydrogens (tertiary/aromatic N) is 3. The van der Waals surface area contributed by atoms with Crippen LogP contribution in [0.3, 0.4) is 0 Å². The lowest BCUT2D eigenvalue weighted by Crippen LogP contribution is -2.26. The first kappa shape index (κ1) is 17.6. The Morgan fingerprint density at radius 1 is 1.23 bits per heavy atom. The molecular weight excluding hydrogens is 332 g/mol. The maximum absolute atomic E-state index is 12.4. The van der Waals surface area contributed by atoms with Crippen molar-refractivity contribution in [3.05, 3.63) is 69.9 Å². The Morgan fingerprint density at radius 2 is 1.96 bits per heavy atom. The van der Waals surface area contributed by atoms with Gasteiger partial charge in [-0.2, -0.15) is 4.98 Å². The number of hydrogen-bond donors (Lipinski definition) is 1. The molecule has 7 nitrogen and oxygen atoms in total. The molecule has 1 aromatic carbocycles. The summed E-state index contributed by atoms with van der Waals surface area (Å²) in [6.45, 7) is 4.17. The zero-order chi connectivity index (χ0) is 18.7. The van der Waals surface area contributed by atoms with Crippen LogP contribution in [-0.4, -0.2) is 33.0 Å². The van der Waals surface area contributed by atoms with Gasteiger partial charge in [-0.05, 0) is 24.1 Å². The maximum Gasteiger partial charge on any atom is 0.258 e. The van der Waals surface area contributed by atoms with Gasteiger partial charge in [-0.3, -0.25) is 9.59 Å². The minimum absolute atomic E-state index is 0.129. The van der Waals surface area contributed by atoms with E-state index in [9.17, 15) is 9.59 Å². The van der Waals surface area contributed by atoms with Crippen LogP contribution in [-0.2, 0) is 6.54 Å². The second-order valence-corrected chi connectivity index (χ2v) is 6.39. The van der Waals surface area contributed by atoms with Crippen molar-refractivity contribution in [2.45, 2.75) is 26.3 Å². The fraction of sp³-hybridized carbons (Fsp3) is 0.263. The van der Waals surface area contributed by atoms with Gasteiger partial charge in [0.05, 0.1) is 6.54 Å². The molecule has 1 N–H and O–H groups in total. The van der Waals surface area contributed by atoms with Gasteiger partial charge >= 0.3 is 0 Å². The van der Waals surface area contributed by atoms with E-state index in [0.29, 0.717) is 17.0 Å². The second-order valence-electron chi connectivity index (χ2n) is 6.39. The third kappa shape index (κ3) is 3.88. The average molecular weight is 352 g/mol. The lowest BCUT2D eigenvalue weighted by molar-refractivity contribution is 0.0780. The quantitative estimate of drug-likeness (QED) is 0.762. The van der Waals surface area contributed by atoms with E-state index in [2.05, 4.69) is 15.1 Å². The zero-order valence-electron chi connectivity index (χ0n) is 14.9. The predicted octanol–water partition coefficient (Wildman–Crippen LogP) is 2.82. The molecule has 0 aliphatic heterocycles. The van der Waals surface area contributed by atoms with E-state index in [1.807, 2.05) is 38.1 Å². The van der Waals surface area contributed by atoms with E-state index in [4.69, 9.17) is 4.52 Å². The van der Waals surface area contributed by atoms with Crippen LogP contribution >= 0.6 is 0 Å². The molecule has 0 aliphatic rings. The number of carbonyl (C=O) groups excluding carboxylic acids is 1. The summed E-state index contributed by atoms with van der Waals surface area (Å²) in [5.41, 5.74) is 1.73. The van der Waals surface area contributed by atoms with E-state index in [-0.39, 0.29) is 29.8 Å². The van der Waals surface area contributed by atoms with E-state index in [0.717, 1.165) is 5.69 Å². The van der Waals surface area contributed by atoms with Gasteiger partial charge in [0.25, 0.3) is 11.8 Å². The summed E-state index contributed by atoms with van der Waals surface area (Å²) in [6, 6.07) is 12.2. The fourth-order valence-corrected chi connectivity index (χ4v) is 2.52.